The van der Waals surface area contributed by atoms with Crippen molar-refractivity contribution in [1.82, 2.24) is 14.9 Å². The van der Waals surface area contributed by atoms with Gasteiger partial charge in [0.15, 0.2) is 0 Å². The van der Waals surface area contributed by atoms with E-state index in [1.807, 2.05) is 32.0 Å². The van der Waals surface area contributed by atoms with Crippen LogP contribution in [0.5, 0.6) is 0 Å². The van der Waals surface area contributed by atoms with Crippen LogP contribution in [0.25, 0.3) is 11.0 Å². The summed E-state index contributed by atoms with van der Waals surface area (Å²) in [5, 5.41) is 0. The smallest absolute Gasteiger partial charge is 0.254 e. The molecule has 0 N–H and O–H groups in total. The molecular formula is C17H17N3O2. The molecule has 5 nitrogen and oxygen atoms in total. The van der Waals surface area contributed by atoms with Crippen LogP contribution in [0.4, 0.5) is 0 Å². The van der Waals surface area contributed by atoms with Crippen molar-refractivity contribution in [2.24, 2.45) is 0 Å². The molecule has 3 rings (SSSR count). The zero-order chi connectivity index (χ0) is 15.7. The second kappa shape index (κ2) is 5.60. The zero-order valence-corrected chi connectivity index (χ0v) is 12.8. The standard InChI is InChI=1S/C17H17N3O2/c1-11-12(2)19-16-9-13(6-7-15(16)18-11)17(21)20(3)10-14-5-4-8-22-14/h4-9H,10H2,1-3H3. The maximum absolute atomic E-state index is 12.5. The van der Waals surface area contributed by atoms with Crippen molar-refractivity contribution >= 4 is 16.9 Å². The molecule has 0 radical (unpaired) electrons. The Morgan fingerprint density at radius 2 is 1.86 bits per heavy atom. The summed E-state index contributed by atoms with van der Waals surface area (Å²) in [4.78, 5) is 23.1. The van der Waals surface area contributed by atoms with Crippen molar-refractivity contribution in [1.29, 1.82) is 0 Å². The SMILES string of the molecule is Cc1nc2ccc(C(=O)N(C)Cc3ccco3)cc2nc1C. The molecule has 0 atom stereocenters. The molecule has 1 amide bonds. The normalized spacial score (nSPS) is 10.9. The first-order chi connectivity index (χ1) is 10.5. The van der Waals surface area contributed by atoms with E-state index in [0.29, 0.717) is 12.1 Å². The number of rotatable bonds is 3. The van der Waals surface area contributed by atoms with Gasteiger partial charge in [0.1, 0.15) is 5.76 Å². The molecule has 0 aliphatic carbocycles. The molecule has 112 valence electrons. The van der Waals surface area contributed by atoms with Gasteiger partial charge in [-0.1, -0.05) is 0 Å². The van der Waals surface area contributed by atoms with Crippen molar-refractivity contribution in [2.45, 2.75) is 20.4 Å². The van der Waals surface area contributed by atoms with Crippen molar-refractivity contribution in [2.75, 3.05) is 7.05 Å². The number of amides is 1. The van der Waals surface area contributed by atoms with Crippen molar-refractivity contribution in [3.05, 3.63) is 59.3 Å². The van der Waals surface area contributed by atoms with Crippen LogP contribution in [0.2, 0.25) is 0 Å². The highest BCUT2D eigenvalue weighted by Gasteiger charge is 2.14. The first kappa shape index (κ1) is 14.3. The molecular weight excluding hydrogens is 278 g/mol. The van der Waals surface area contributed by atoms with E-state index in [9.17, 15) is 4.79 Å². The second-order valence-corrected chi connectivity index (χ2v) is 5.34. The third-order valence-corrected chi connectivity index (χ3v) is 3.64. The molecule has 0 aliphatic rings. The van der Waals surface area contributed by atoms with Gasteiger partial charge in [-0.25, -0.2) is 9.97 Å². The first-order valence-electron chi connectivity index (χ1n) is 7.07. The molecule has 5 heteroatoms. The molecule has 2 heterocycles. The second-order valence-electron chi connectivity index (χ2n) is 5.34. The zero-order valence-electron chi connectivity index (χ0n) is 12.8. The fourth-order valence-corrected chi connectivity index (χ4v) is 2.29. The molecule has 1 aromatic carbocycles. The predicted molar refractivity (Wildman–Crippen MR) is 83.5 cm³/mol. The van der Waals surface area contributed by atoms with Gasteiger partial charge in [0.25, 0.3) is 5.91 Å². The molecule has 0 saturated carbocycles. The van der Waals surface area contributed by atoms with E-state index in [0.717, 1.165) is 28.2 Å². The van der Waals surface area contributed by atoms with E-state index >= 15 is 0 Å². The molecule has 0 fully saturated rings. The molecule has 0 aliphatic heterocycles. The van der Waals surface area contributed by atoms with Crippen LogP contribution in [-0.4, -0.2) is 27.8 Å². The van der Waals surface area contributed by atoms with Crippen molar-refractivity contribution < 1.29 is 9.21 Å². The minimum Gasteiger partial charge on any atom is -0.467 e. The number of benzene rings is 1. The van der Waals surface area contributed by atoms with Crippen LogP contribution >= 0.6 is 0 Å². The van der Waals surface area contributed by atoms with Gasteiger partial charge in [-0.3, -0.25) is 4.79 Å². The quantitative estimate of drug-likeness (QED) is 0.745. The summed E-state index contributed by atoms with van der Waals surface area (Å²) in [6.45, 7) is 4.28. The van der Waals surface area contributed by atoms with Gasteiger partial charge in [0.2, 0.25) is 0 Å². The van der Waals surface area contributed by atoms with Crippen molar-refractivity contribution in [3.8, 4) is 0 Å². The minimum atomic E-state index is -0.0710. The molecule has 0 unspecified atom stereocenters. The Balaban J connectivity index is 1.89. The van der Waals surface area contributed by atoms with E-state index in [1.165, 1.54) is 0 Å². The summed E-state index contributed by atoms with van der Waals surface area (Å²) in [6.07, 6.45) is 1.60. The lowest BCUT2D eigenvalue weighted by atomic mass is 10.1. The van der Waals surface area contributed by atoms with Crippen LogP contribution in [0.15, 0.2) is 41.0 Å². The number of hydrogen-bond donors (Lipinski definition) is 0. The Kier molecular flexibility index (Phi) is 3.63. The Hall–Kier alpha value is -2.69. The van der Waals surface area contributed by atoms with Crippen LogP contribution in [0.1, 0.15) is 27.5 Å². The van der Waals surface area contributed by atoms with E-state index < -0.39 is 0 Å². The predicted octanol–water partition coefficient (Wildman–Crippen LogP) is 3.11. The number of nitrogens with zero attached hydrogens (tertiary/aromatic N) is 3. The molecule has 22 heavy (non-hydrogen) atoms. The van der Waals surface area contributed by atoms with Gasteiger partial charge in [-0.2, -0.15) is 0 Å². The number of furan rings is 1. The summed E-state index contributed by atoms with van der Waals surface area (Å²) in [7, 11) is 1.75. The average Bonchev–Trinajstić information content (AvgIpc) is 3.00. The van der Waals surface area contributed by atoms with E-state index in [4.69, 9.17) is 4.42 Å². The third kappa shape index (κ3) is 2.70. The van der Waals surface area contributed by atoms with Crippen LogP contribution in [0.3, 0.4) is 0 Å². The highest BCUT2D eigenvalue weighted by molar-refractivity contribution is 5.97. The lowest BCUT2D eigenvalue weighted by Gasteiger charge is -2.16. The maximum atomic E-state index is 12.5. The fraction of sp³-hybridized carbons (Fsp3) is 0.235. The maximum Gasteiger partial charge on any atom is 0.254 e. The molecule has 0 bridgehead atoms. The van der Waals surface area contributed by atoms with Gasteiger partial charge in [-0.05, 0) is 44.2 Å². The van der Waals surface area contributed by atoms with Crippen molar-refractivity contribution in [3.63, 3.8) is 0 Å². The van der Waals surface area contributed by atoms with Crippen LogP contribution in [-0.2, 0) is 6.54 Å². The number of aryl methyl sites for hydroxylation is 2. The Bertz CT molecular complexity index is 825. The lowest BCUT2D eigenvalue weighted by Crippen LogP contribution is -2.26. The number of carbonyl (C=O) groups excluding carboxylic acids is 1. The monoisotopic (exact) mass is 295 g/mol. The fourth-order valence-electron chi connectivity index (χ4n) is 2.29. The Morgan fingerprint density at radius 1 is 1.14 bits per heavy atom. The number of carbonyl (C=O) groups is 1. The van der Waals surface area contributed by atoms with Crippen LogP contribution < -0.4 is 0 Å². The highest BCUT2D eigenvalue weighted by atomic mass is 16.3. The largest absolute Gasteiger partial charge is 0.467 e. The van der Waals surface area contributed by atoms with E-state index in [-0.39, 0.29) is 5.91 Å². The van der Waals surface area contributed by atoms with Gasteiger partial charge < -0.3 is 9.32 Å². The summed E-state index contributed by atoms with van der Waals surface area (Å²) in [5.74, 6) is 0.682. The summed E-state index contributed by atoms with van der Waals surface area (Å²) in [5.41, 5.74) is 3.91. The number of hydrogen-bond acceptors (Lipinski definition) is 4. The average molecular weight is 295 g/mol. The first-order valence-corrected chi connectivity index (χ1v) is 7.07. The minimum absolute atomic E-state index is 0.0710. The highest BCUT2D eigenvalue weighted by Crippen LogP contribution is 2.16. The number of aromatic nitrogens is 2. The van der Waals surface area contributed by atoms with Crippen LogP contribution in [0, 0.1) is 13.8 Å². The Labute approximate surface area is 128 Å². The third-order valence-electron chi connectivity index (χ3n) is 3.64. The summed E-state index contributed by atoms with van der Waals surface area (Å²) in [6, 6.07) is 9.07. The van der Waals surface area contributed by atoms with Gasteiger partial charge >= 0.3 is 0 Å². The number of fused-ring (bicyclic) bond motifs is 1. The summed E-state index contributed by atoms with van der Waals surface area (Å²) < 4.78 is 5.27. The van der Waals surface area contributed by atoms with E-state index in [1.54, 1.807) is 30.3 Å². The molecule has 0 saturated heterocycles. The van der Waals surface area contributed by atoms with Gasteiger partial charge in [0.05, 0.1) is 35.2 Å². The van der Waals surface area contributed by atoms with E-state index in [2.05, 4.69) is 9.97 Å². The lowest BCUT2D eigenvalue weighted by molar-refractivity contribution is 0.0775. The summed E-state index contributed by atoms with van der Waals surface area (Å²) >= 11 is 0. The Morgan fingerprint density at radius 3 is 2.55 bits per heavy atom. The topological polar surface area (TPSA) is 59.2 Å². The van der Waals surface area contributed by atoms with Gasteiger partial charge in [-0.15, -0.1) is 0 Å². The molecule has 0 spiro atoms. The van der Waals surface area contributed by atoms with Gasteiger partial charge in [0, 0.05) is 12.6 Å². The molecule has 3 aromatic rings. The molecule has 2 aromatic heterocycles.